The van der Waals surface area contributed by atoms with Crippen molar-refractivity contribution in [3.05, 3.63) is 65.4 Å². The summed E-state index contributed by atoms with van der Waals surface area (Å²) in [7, 11) is 1.63. The van der Waals surface area contributed by atoms with E-state index in [1.807, 2.05) is 53.8 Å². The first kappa shape index (κ1) is 14.8. The monoisotopic (exact) mass is 322 g/mol. The van der Waals surface area contributed by atoms with Gasteiger partial charge in [-0.15, -0.1) is 0 Å². The molecule has 0 unspecified atom stereocenters. The van der Waals surface area contributed by atoms with Gasteiger partial charge in [0.1, 0.15) is 11.8 Å². The lowest BCUT2D eigenvalue weighted by Crippen LogP contribution is -2.95. The van der Waals surface area contributed by atoms with Crippen LogP contribution in [0, 0.1) is 0 Å². The molecular weight excluding hydrogens is 304 g/mol. The number of benzene rings is 2. The van der Waals surface area contributed by atoms with Crippen LogP contribution >= 0.6 is 0 Å². The Balaban J connectivity index is 1.89. The summed E-state index contributed by atoms with van der Waals surface area (Å²) in [5, 5.41) is 14.5. The van der Waals surface area contributed by atoms with Gasteiger partial charge >= 0.3 is 0 Å². The number of hydrogen-bond donors (Lipinski definition) is 2. The molecule has 5 heteroatoms. The molecular formula is C19H18N2O3. The zero-order valence-corrected chi connectivity index (χ0v) is 13.3. The summed E-state index contributed by atoms with van der Waals surface area (Å²) < 4.78 is 5.31. The number of para-hydroxylation sites is 1. The average molecular weight is 322 g/mol. The highest BCUT2D eigenvalue weighted by molar-refractivity contribution is 5.86. The molecule has 1 aliphatic rings. The van der Waals surface area contributed by atoms with Crippen molar-refractivity contribution in [2.45, 2.75) is 18.5 Å². The van der Waals surface area contributed by atoms with Gasteiger partial charge < -0.3 is 24.9 Å². The highest BCUT2D eigenvalue weighted by atomic mass is 16.5. The van der Waals surface area contributed by atoms with Crippen LogP contribution in [0.1, 0.15) is 22.9 Å². The number of aromatic nitrogens is 1. The van der Waals surface area contributed by atoms with E-state index in [4.69, 9.17) is 4.74 Å². The number of carboxylic acid groups (broad SMARTS) is 1. The number of fused-ring (bicyclic) bond motifs is 3. The number of H-pyrrole nitrogens is 1. The van der Waals surface area contributed by atoms with Crippen molar-refractivity contribution in [3.8, 4) is 5.75 Å². The Kier molecular flexibility index (Phi) is 3.50. The van der Waals surface area contributed by atoms with E-state index in [1.54, 1.807) is 7.11 Å². The van der Waals surface area contributed by atoms with Crippen molar-refractivity contribution < 1.29 is 20.0 Å². The number of hydrogen-bond acceptors (Lipinski definition) is 3. The number of nitrogens with one attached hydrogen (secondary N) is 1. The highest BCUT2D eigenvalue weighted by Crippen LogP contribution is 2.32. The molecule has 5 nitrogen and oxygen atoms in total. The van der Waals surface area contributed by atoms with Gasteiger partial charge in [0.25, 0.3) is 0 Å². The zero-order valence-electron chi connectivity index (χ0n) is 13.3. The van der Waals surface area contributed by atoms with Gasteiger partial charge in [-0.1, -0.05) is 30.3 Å². The first-order chi connectivity index (χ1) is 11.7. The molecule has 3 N–H and O–H groups in total. The lowest BCUT2D eigenvalue weighted by Gasteiger charge is -2.29. The second-order valence-electron chi connectivity index (χ2n) is 6.14. The first-order valence-corrected chi connectivity index (χ1v) is 7.96. The minimum absolute atomic E-state index is 0.126. The number of carboxylic acids is 1. The second kappa shape index (κ2) is 5.69. The molecule has 0 amide bonds. The Morgan fingerprint density at radius 2 is 2.08 bits per heavy atom. The Labute approximate surface area is 139 Å². The molecule has 0 saturated heterocycles. The number of nitrogens with two attached hydrogens (primary N) is 1. The number of rotatable bonds is 3. The van der Waals surface area contributed by atoms with E-state index < -0.39 is 12.0 Å². The maximum atomic E-state index is 11.5. The highest BCUT2D eigenvalue weighted by Gasteiger charge is 2.34. The number of aliphatic carboxylic acids is 1. The summed E-state index contributed by atoms with van der Waals surface area (Å²) in [6.45, 7) is 0. The van der Waals surface area contributed by atoms with E-state index in [9.17, 15) is 9.90 Å². The molecule has 2 aromatic carbocycles. The topological polar surface area (TPSA) is 81.8 Å². The maximum Gasteiger partial charge on any atom is 0.153 e. The van der Waals surface area contributed by atoms with Crippen LogP contribution < -0.4 is 15.2 Å². The third-order valence-corrected chi connectivity index (χ3v) is 4.76. The standard InChI is InChI=1S/C19H18N2O3/c1-24-12-6-4-5-11(9-12)17-18-14(10-16(21-17)19(22)23)13-7-2-3-8-15(13)20-18/h2-9,16-17,20-21H,10H2,1H3,(H,22,23)/t16-,17-/m1/s1. The van der Waals surface area contributed by atoms with E-state index in [0.29, 0.717) is 6.42 Å². The van der Waals surface area contributed by atoms with E-state index >= 15 is 0 Å². The molecule has 2 atom stereocenters. The summed E-state index contributed by atoms with van der Waals surface area (Å²) in [4.78, 5) is 15.0. The molecule has 4 rings (SSSR count). The van der Waals surface area contributed by atoms with Crippen molar-refractivity contribution in [2.75, 3.05) is 7.11 Å². The summed E-state index contributed by atoms with van der Waals surface area (Å²) >= 11 is 0. The number of carbonyl (C=O) groups is 1. The summed E-state index contributed by atoms with van der Waals surface area (Å²) in [6, 6.07) is 15.0. The average Bonchev–Trinajstić information content (AvgIpc) is 2.99. The quantitative estimate of drug-likeness (QED) is 0.737. The third-order valence-electron chi connectivity index (χ3n) is 4.76. The van der Waals surface area contributed by atoms with Gasteiger partial charge in [-0.05, 0) is 23.8 Å². The summed E-state index contributed by atoms with van der Waals surface area (Å²) in [6.07, 6.45) is 0.460. The Bertz CT molecular complexity index is 916. The van der Waals surface area contributed by atoms with E-state index in [1.165, 1.54) is 0 Å². The molecule has 0 aliphatic carbocycles. The molecule has 0 fully saturated rings. The van der Waals surface area contributed by atoms with Crippen LogP contribution in [0.15, 0.2) is 48.5 Å². The van der Waals surface area contributed by atoms with Gasteiger partial charge in [0, 0.05) is 22.9 Å². The lowest BCUT2D eigenvalue weighted by atomic mass is 9.90. The van der Waals surface area contributed by atoms with Crippen LogP contribution in [0.25, 0.3) is 10.9 Å². The minimum Gasteiger partial charge on any atom is -0.544 e. The second-order valence-corrected chi connectivity index (χ2v) is 6.14. The first-order valence-electron chi connectivity index (χ1n) is 7.96. The van der Waals surface area contributed by atoms with E-state index in [0.717, 1.165) is 33.5 Å². The van der Waals surface area contributed by atoms with Crippen LogP contribution in [-0.2, 0) is 11.2 Å². The number of methoxy groups -OCH3 is 1. The predicted octanol–water partition coefficient (Wildman–Crippen LogP) is 0.504. The van der Waals surface area contributed by atoms with Crippen LogP contribution in [0.5, 0.6) is 5.75 Å². The van der Waals surface area contributed by atoms with E-state index in [-0.39, 0.29) is 6.04 Å². The smallest absolute Gasteiger partial charge is 0.153 e. The maximum absolute atomic E-state index is 11.5. The van der Waals surface area contributed by atoms with E-state index in [2.05, 4.69) is 4.98 Å². The summed E-state index contributed by atoms with van der Waals surface area (Å²) in [5.74, 6) is -0.270. The van der Waals surface area contributed by atoms with Gasteiger partial charge in [0.05, 0.1) is 18.8 Å². The number of carbonyl (C=O) groups excluding carboxylic acids is 1. The van der Waals surface area contributed by atoms with Crippen LogP contribution in [0.4, 0.5) is 0 Å². The fraction of sp³-hybridized carbons (Fsp3) is 0.211. The van der Waals surface area contributed by atoms with Crippen molar-refractivity contribution >= 4 is 16.9 Å². The normalized spacial score (nSPS) is 19.9. The zero-order chi connectivity index (χ0) is 16.7. The number of aromatic amines is 1. The molecule has 1 aromatic heterocycles. The van der Waals surface area contributed by atoms with Crippen molar-refractivity contribution in [1.82, 2.24) is 4.98 Å². The molecule has 24 heavy (non-hydrogen) atoms. The fourth-order valence-corrected chi connectivity index (χ4v) is 3.60. The van der Waals surface area contributed by atoms with Crippen LogP contribution in [-0.4, -0.2) is 24.1 Å². The van der Waals surface area contributed by atoms with Crippen LogP contribution in [0.3, 0.4) is 0 Å². The van der Waals surface area contributed by atoms with Crippen molar-refractivity contribution in [2.24, 2.45) is 0 Å². The molecule has 0 spiro atoms. The minimum atomic E-state index is -1.03. The third kappa shape index (κ3) is 2.34. The Morgan fingerprint density at radius 1 is 1.25 bits per heavy atom. The molecule has 1 aliphatic heterocycles. The number of quaternary nitrogens is 1. The van der Waals surface area contributed by atoms with Gasteiger partial charge in [-0.25, -0.2) is 0 Å². The van der Waals surface area contributed by atoms with Gasteiger partial charge in [-0.3, -0.25) is 0 Å². The lowest BCUT2D eigenvalue weighted by molar-refractivity contribution is -0.717. The molecule has 0 saturated carbocycles. The SMILES string of the molecule is COc1cccc([C@H]2[NH2+][C@@H](C(=O)[O-])Cc3c2[nH]c2ccccc32)c1. The van der Waals surface area contributed by atoms with Crippen molar-refractivity contribution in [3.63, 3.8) is 0 Å². The van der Waals surface area contributed by atoms with Crippen molar-refractivity contribution in [1.29, 1.82) is 0 Å². The van der Waals surface area contributed by atoms with Gasteiger partial charge in [-0.2, -0.15) is 0 Å². The molecule has 2 heterocycles. The van der Waals surface area contributed by atoms with Gasteiger partial charge in [0.15, 0.2) is 6.04 Å². The molecule has 0 bridgehead atoms. The predicted molar refractivity (Wildman–Crippen MR) is 87.6 cm³/mol. The van der Waals surface area contributed by atoms with Gasteiger partial charge in [0.2, 0.25) is 0 Å². The Morgan fingerprint density at radius 3 is 2.88 bits per heavy atom. The summed E-state index contributed by atoms with van der Waals surface area (Å²) in [5.41, 5.74) is 4.16. The molecule has 0 radical (unpaired) electrons. The molecule has 3 aromatic rings. The Hall–Kier alpha value is -2.79. The molecule has 122 valence electrons. The number of ether oxygens (including phenoxy) is 1. The fourth-order valence-electron chi connectivity index (χ4n) is 3.60. The largest absolute Gasteiger partial charge is 0.544 e. The van der Waals surface area contributed by atoms with Crippen LogP contribution in [0.2, 0.25) is 0 Å².